The van der Waals surface area contributed by atoms with Crippen LogP contribution in [0.25, 0.3) is 0 Å². The van der Waals surface area contributed by atoms with E-state index in [1.807, 2.05) is 0 Å². The zero-order valence-electron chi connectivity index (χ0n) is 11.6. The summed E-state index contributed by atoms with van der Waals surface area (Å²) >= 11 is 0. The Morgan fingerprint density at radius 1 is 1.12 bits per heavy atom. The summed E-state index contributed by atoms with van der Waals surface area (Å²) in [6.45, 7) is 15.0. The lowest BCUT2D eigenvalue weighted by molar-refractivity contribution is 0.306. The summed E-state index contributed by atoms with van der Waals surface area (Å²) in [5, 5.41) is 4.12. The van der Waals surface area contributed by atoms with Crippen LogP contribution in [0.1, 0.15) is 66.6 Å². The maximum Gasteiger partial charge on any atom is 0.232 e. The predicted molar refractivity (Wildman–Crippen MR) is 65.5 cm³/mol. The molecule has 0 aromatic carbocycles. The highest BCUT2D eigenvalue weighted by Gasteiger charge is 2.30. The molecule has 92 valence electrons. The van der Waals surface area contributed by atoms with Gasteiger partial charge in [0, 0.05) is 10.8 Å². The van der Waals surface area contributed by atoms with E-state index in [4.69, 9.17) is 4.52 Å². The van der Waals surface area contributed by atoms with Crippen molar-refractivity contribution in [3.63, 3.8) is 0 Å². The molecule has 0 spiro atoms. The van der Waals surface area contributed by atoms with E-state index in [1.54, 1.807) is 0 Å². The van der Waals surface area contributed by atoms with Crippen LogP contribution >= 0.6 is 0 Å². The lowest BCUT2D eigenvalue weighted by Crippen LogP contribution is -2.22. The van der Waals surface area contributed by atoms with Crippen molar-refractivity contribution in [1.29, 1.82) is 0 Å². The van der Waals surface area contributed by atoms with Gasteiger partial charge in [-0.2, -0.15) is 4.98 Å². The van der Waals surface area contributed by atoms with Gasteiger partial charge in [-0.3, -0.25) is 0 Å². The monoisotopic (exact) mass is 224 g/mol. The van der Waals surface area contributed by atoms with Crippen molar-refractivity contribution in [3.05, 3.63) is 11.7 Å². The van der Waals surface area contributed by atoms with Gasteiger partial charge in [0.2, 0.25) is 5.89 Å². The molecule has 1 aromatic heterocycles. The summed E-state index contributed by atoms with van der Waals surface area (Å²) in [5.41, 5.74) is -0.0830. The highest BCUT2D eigenvalue weighted by atomic mass is 16.5. The van der Waals surface area contributed by atoms with E-state index in [0.29, 0.717) is 5.92 Å². The number of aromatic nitrogens is 2. The Kier molecular flexibility index (Phi) is 3.46. The van der Waals surface area contributed by atoms with Crippen molar-refractivity contribution in [2.24, 2.45) is 5.92 Å². The van der Waals surface area contributed by atoms with Gasteiger partial charge in [0.1, 0.15) is 0 Å². The second-order valence-corrected chi connectivity index (χ2v) is 6.65. The Morgan fingerprint density at radius 3 is 2.06 bits per heavy atom. The minimum absolute atomic E-state index is 0.0127. The third-order valence-electron chi connectivity index (χ3n) is 2.59. The largest absolute Gasteiger partial charge is 0.339 e. The Labute approximate surface area is 98.6 Å². The van der Waals surface area contributed by atoms with Gasteiger partial charge in [-0.25, -0.2) is 0 Å². The molecule has 16 heavy (non-hydrogen) atoms. The molecule has 0 atom stereocenters. The average Bonchev–Trinajstić information content (AvgIpc) is 2.47. The number of nitrogens with zero attached hydrogens (tertiary/aromatic N) is 2. The van der Waals surface area contributed by atoms with E-state index in [-0.39, 0.29) is 10.8 Å². The second kappa shape index (κ2) is 4.19. The van der Waals surface area contributed by atoms with Crippen LogP contribution in [0.15, 0.2) is 4.52 Å². The molecule has 0 aliphatic heterocycles. The molecule has 0 amide bonds. The highest BCUT2D eigenvalue weighted by Crippen LogP contribution is 2.30. The predicted octanol–water partition coefficient (Wildman–Crippen LogP) is 3.69. The summed E-state index contributed by atoms with van der Waals surface area (Å²) in [6, 6.07) is 0. The summed E-state index contributed by atoms with van der Waals surface area (Å²) in [7, 11) is 0. The lowest BCUT2D eigenvalue weighted by Gasteiger charge is -2.22. The Morgan fingerprint density at radius 2 is 1.69 bits per heavy atom. The van der Waals surface area contributed by atoms with E-state index in [2.05, 4.69) is 58.6 Å². The maximum atomic E-state index is 5.34. The van der Waals surface area contributed by atoms with Gasteiger partial charge in [-0.15, -0.1) is 0 Å². The van der Waals surface area contributed by atoms with Crippen LogP contribution in [0.5, 0.6) is 0 Å². The fraction of sp³-hybridized carbons (Fsp3) is 0.846. The molecule has 3 nitrogen and oxygen atoms in total. The molecule has 0 aliphatic carbocycles. The van der Waals surface area contributed by atoms with Crippen LogP contribution in [0.3, 0.4) is 0 Å². The Hall–Kier alpha value is -0.860. The van der Waals surface area contributed by atoms with Crippen molar-refractivity contribution in [1.82, 2.24) is 10.1 Å². The van der Waals surface area contributed by atoms with E-state index < -0.39 is 0 Å². The van der Waals surface area contributed by atoms with Crippen molar-refractivity contribution in [2.45, 2.75) is 65.7 Å². The molecular formula is C13H24N2O. The third kappa shape index (κ3) is 3.06. The fourth-order valence-corrected chi connectivity index (χ4v) is 1.91. The van der Waals surface area contributed by atoms with Crippen LogP contribution in [-0.2, 0) is 10.8 Å². The van der Waals surface area contributed by atoms with Crippen LogP contribution < -0.4 is 0 Å². The number of hydrogen-bond donors (Lipinski definition) is 0. The van der Waals surface area contributed by atoms with Gasteiger partial charge in [0.25, 0.3) is 0 Å². The molecule has 0 unspecified atom stereocenters. The zero-order chi connectivity index (χ0) is 12.6. The van der Waals surface area contributed by atoms with E-state index >= 15 is 0 Å². The topological polar surface area (TPSA) is 38.9 Å². The molecule has 1 heterocycles. The van der Waals surface area contributed by atoms with Crippen molar-refractivity contribution < 1.29 is 4.52 Å². The molecule has 3 heteroatoms. The van der Waals surface area contributed by atoms with Gasteiger partial charge in [-0.05, 0) is 12.3 Å². The van der Waals surface area contributed by atoms with Gasteiger partial charge >= 0.3 is 0 Å². The summed E-state index contributed by atoms with van der Waals surface area (Å²) in [5.74, 6) is 2.18. The molecule has 0 aliphatic rings. The smallest absolute Gasteiger partial charge is 0.232 e. The quantitative estimate of drug-likeness (QED) is 0.786. The number of hydrogen-bond acceptors (Lipinski definition) is 3. The maximum absolute atomic E-state index is 5.34. The molecule has 0 N–H and O–H groups in total. The molecule has 0 bridgehead atoms. The first kappa shape index (κ1) is 13.2. The van der Waals surface area contributed by atoms with Crippen LogP contribution in [0, 0.1) is 5.92 Å². The first-order valence-corrected chi connectivity index (χ1v) is 5.97. The Balaban J connectivity index is 2.93. The molecular weight excluding hydrogens is 200 g/mol. The molecule has 0 fully saturated rings. The molecule has 0 saturated heterocycles. The third-order valence-corrected chi connectivity index (χ3v) is 2.59. The van der Waals surface area contributed by atoms with Crippen LogP contribution in [0.4, 0.5) is 0 Å². The minimum Gasteiger partial charge on any atom is -0.339 e. The van der Waals surface area contributed by atoms with E-state index in [0.717, 1.165) is 18.1 Å². The van der Waals surface area contributed by atoms with Crippen LogP contribution in [0.2, 0.25) is 0 Å². The fourth-order valence-electron chi connectivity index (χ4n) is 1.91. The van der Waals surface area contributed by atoms with Gasteiger partial charge in [0.15, 0.2) is 5.82 Å². The average molecular weight is 224 g/mol. The van der Waals surface area contributed by atoms with Crippen molar-refractivity contribution in [3.8, 4) is 0 Å². The summed E-state index contributed by atoms with van der Waals surface area (Å²) in [6.07, 6.45) is 1.07. The minimum atomic E-state index is -0.0703. The second-order valence-electron chi connectivity index (χ2n) is 6.65. The van der Waals surface area contributed by atoms with Gasteiger partial charge in [-0.1, -0.05) is 53.6 Å². The first-order chi connectivity index (χ1) is 7.13. The normalized spacial score (nSPS) is 13.5. The lowest BCUT2D eigenvalue weighted by atomic mass is 9.83. The van der Waals surface area contributed by atoms with E-state index in [9.17, 15) is 0 Å². The SMILES string of the molecule is CC(C)CC(C)(C)c1noc(C(C)(C)C)n1. The van der Waals surface area contributed by atoms with E-state index in [1.165, 1.54) is 0 Å². The van der Waals surface area contributed by atoms with Crippen molar-refractivity contribution >= 4 is 0 Å². The molecule has 1 aromatic rings. The zero-order valence-corrected chi connectivity index (χ0v) is 11.6. The Bertz CT molecular complexity index is 345. The first-order valence-electron chi connectivity index (χ1n) is 5.97. The standard InChI is InChI=1S/C13H24N2O/c1-9(2)8-13(6,7)10-14-11(16-15-10)12(3,4)5/h9H,8H2,1-7H3. The van der Waals surface area contributed by atoms with Crippen LogP contribution in [-0.4, -0.2) is 10.1 Å². The number of rotatable bonds is 3. The highest BCUT2D eigenvalue weighted by molar-refractivity contribution is 5.06. The van der Waals surface area contributed by atoms with Crippen molar-refractivity contribution in [2.75, 3.05) is 0 Å². The molecule has 1 rings (SSSR count). The summed E-state index contributed by atoms with van der Waals surface area (Å²) < 4.78 is 5.34. The summed E-state index contributed by atoms with van der Waals surface area (Å²) in [4.78, 5) is 4.53. The van der Waals surface area contributed by atoms with Gasteiger partial charge < -0.3 is 4.52 Å². The molecule has 0 radical (unpaired) electrons. The molecule has 0 saturated carbocycles. The van der Waals surface area contributed by atoms with Gasteiger partial charge in [0.05, 0.1) is 0 Å².